The molecule has 8 heteroatoms. The summed E-state index contributed by atoms with van der Waals surface area (Å²) >= 11 is 2.80. The maximum absolute atomic E-state index is 12.9. The molecule has 128 valence electrons. The third kappa shape index (κ3) is 4.83. The minimum absolute atomic E-state index is 0.146. The van der Waals surface area contributed by atoms with Crippen LogP contribution in [0, 0.1) is 5.82 Å². The summed E-state index contributed by atoms with van der Waals surface area (Å²) in [6.45, 7) is 1.85. The molecule has 0 bridgehead atoms. The molecule has 0 aliphatic carbocycles. The van der Waals surface area contributed by atoms with E-state index in [-0.39, 0.29) is 23.5 Å². The number of hydrogen-bond acceptors (Lipinski definition) is 6. The number of halogens is 1. The molecule has 1 N–H and O–H groups in total. The van der Waals surface area contributed by atoms with Crippen LogP contribution in [0.2, 0.25) is 0 Å². The van der Waals surface area contributed by atoms with E-state index in [4.69, 9.17) is 0 Å². The number of thiophene rings is 1. The Labute approximate surface area is 152 Å². The molecule has 2 heterocycles. The summed E-state index contributed by atoms with van der Waals surface area (Å²) in [5.41, 5.74) is 1.59. The van der Waals surface area contributed by atoms with E-state index in [9.17, 15) is 9.18 Å². The zero-order chi connectivity index (χ0) is 17.6. The van der Waals surface area contributed by atoms with Crippen LogP contribution in [0.5, 0.6) is 0 Å². The molecule has 2 aromatic heterocycles. The van der Waals surface area contributed by atoms with E-state index in [1.54, 1.807) is 29.7 Å². The molecule has 0 saturated heterocycles. The van der Waals surface area contributed by atoms with Gasteiger partial charge in [0.15, 0.2) is 0 Å². The molecule has 25 heavy (non-hydrogen) atoms. The quantitative estimate of drug-likeness (QED) is 0.666. The highest BCUT2D eigenvalue weighted by Crippen LogP contribution is 2.23. The maximum atomic E-state index is 12.9. The third-order valence-corrected chi connectivity index (χ3v) is 5.12. The van der Waals surface area contributed by atoms with Crippen molar-refractivity contribution in [3.05, 3.63) is 59.4 Å². The van der Waals surface area contributed by atoms with Gasteiger partial charge in [-0.15, -0.1) is 16.4 Å². The van der Waals surface area contributed by atoms with Crippen LogP contribution >= 0.6 is 23.1 Å². The van der Waals surface area contributed by atoms with Gasteiger partial charge in [0.2, 0.25) is 11.1 Å². The lowest BCUT2D eigenvalue weighted by atomic mass is 10.1. The lowest BCUT2D eigenvalue weighted by Crippen LogP contribution is -2.28. The molecule has 1 amide bonds. The second kappa shape index (κ2) is 8.17. The Morgan fingerprint density at radius 3 is 2.84 bits per heavy atom. The first-order valence-electron chi connectivity index (χ1n) is 7.53. The van der Waals surface area contributed by atoms with Crippen LogP contribution in [-0.2, 0) is 4.79 Å². The number of benzene rings is 1. The Bertz CT molecular complexity index is 840. The number of nitrogens with zero attached hydrogens (tertiary/aromatic N) is 3. The van der Waals surface area contributed by atoms with Crippen molar-refractivity contribution < 1.29 is 9.18 Å². The number of hydrogen-bond donors (Lipinski definition) is 1. The van der Waals surface area contributed by atoms with Gasteiger partial charge in [0.1, 0.15) is 11.5 Å². The van der Waals surface area contributed by atoms with Gasteiger partial charge >= 0.3 is 0 Å². The topological polar surface area (TPSA) is 67.8 Å². The van der Waals surface area contributed by atoms with E-state index in [1.165, 1.54) is 23.9 Å². The van der Waals surface area contributed by atoms with Gasteiger partial charge in [-0.05, 0) is 36.1 Å². The van der Waals surface area contributed by atoms with Gasteiger partial charge in [-0.2, -0.15) is 5.10 Å². The second-order valence-electron chi connectivity index (χ2n) is 5.23. The average molecular weight is 374 g/mol. The molecular formula is C17H15FN4OS2. The van der Waals surface area contributed by atoms with E-state index < -0.39 is 0 Å². The van der Waals surface area contributed by atoms with Crippen LogP contribution in [0.4, 0.5) is 4.39 Å². The number of rotatable bonds is 6. The normalized spacial score (nSPS) is 11.9. The molecule has 1 aromatic carbocycles. The van der Waals surface area contributed by atoms with Crippen LogP contribution in [-0.4, -0.2) is 26.8 Å². The van der Waals surface area contributed by atoms with E-state index >= 15 is 0 Å². The monoisotopic (exact) mass is 374 g/mol. The summed E-state index contributed by atoms with van der Waals surface area (Å²) in [7, 11) is 0. The van der Waals surface area contributed by atoms with E-state index in [2.05, 4.69) is 20.5 Å². The summed E-state index contributed by atoms with van der Waals surface area (Å²) in [6.07, 6.45) is 1.60. The van der Waals surface area contributed by atoms with Crippen molar-refractivity contribution in [3.63, 3.8) is 0 Å². The fraction of sp³-hybridized carbons (Fsp3) is 0.176. The summed E-state index contributed by atoms with van der Waals surface area (Å²) in [6, 6.07) is 9.77. The minimum atomic E-state index is -0.298. The predicted molar refractivity (Wildman–Crippen MR) is 96.8 cm³/mol. The summed E-state index contributed by atoms with van der Waals surface area (Å²) < 4.78 is 12.9. The van der Waals surface area contributed by atoms with Gasteiger partial charge in [0.05, 0.1) is 22.9 Å². The SMILES string of the molecule is C[C@H](NC(=O)CSc1nncc(-c2cccs2)n1)c1ccc(F)cc1. The van der Waals surface area contributed by atoms with Crippen LogP contribution in [0.3, 0.4) is 0 Å². The molecule has 0 radical (unpaired) electrons. The molecule has 1 atom stereocenters. The van der Waals surface area contributed by atoms with Gasteiger partial charge in [0.25, 0.3) is 0 Å². The number of carbonyl (C=O) groups is 1. The van der Waals surface area contributed by atoms with Crippen LogP contribution in [0.1, 0.15) is 18.5 Å². The van der Waals surface area contributed by atoms with Crippen molar-refractivity contribution in [2.45, 2.75) is 18.1 Å². The van der Waals surface area contributed by atoms with Gasteiger partial charge in [-0.3, -0.25) is 4.79 Å². The molecule has 3 rings (SSSR count). The first-order valence-corrected chi connectivity index (χ1v) is 9.39. The van der Waals surface area contributed by atoms with Gasteiger partial charge in [-0.1, -0.05) is 30.0 Å². The molecule has 0 saturated carbocycles. The lowest BCUT2D eigenvalue weighted by Gasteiger charge is -2.14. The largest absolute Gasteiger partial charge is 0.349 e. The third-order valence-electron chi connectivity index (χ3n) is 3.39. The standard InChI is InChI=1S/C17H15FN4OS2/c1-11(12-4-6-13(18)7-5-12)20-16(23)10-25-17-21-14(9-19-22-17)15-3-2-8-24-15/h2-9,11H,10H2,1H3,(H,20,23)/t11-/m0/s1. The predicted octanol–water partition coefficient (Wildman–Crippen LogP) is 3.71. The Morgan fingerprint density at radius 2 is 2.12 bits per heavy atom. The number of amides is 1. The highest BCUT2D eigenvalue weighted by Gasteiger charge is 2.12. The molecule has 3 aromatic rings. The summed E-state index contributed by atoms with van der Waals surface area (Å²) in [4.78, 5) is 17.5. The second-order valence-corrected chi connectivity index (χ2v) is 7.12. The zero-order valence-electron chi connectivity index (χ0n) is 13.3. The molecule has 0 aliphatic heterocycles. The Balaban J connectivity index is 1.55. The van der Waals surface area contributed by atoms with E-state index in [1.807, 2.05) is 24.4 Å². The number of aromatic nitrogens is 3. The van der Waals surface area contributed by atoms with Crippen LogP contribution in [0.15, 0.2) is 53.1 Å². The van der Waals surface area contributed by atoms with Crippen molar-refractivity contribution in [3.8, 4) is 10.6 Å². The first-order chi connectivity index (χ1) is 12.1. The maximum Gasteiger partial charge on any atom is 0.230 e. The smallest absolute Gasteiger partial charge is 0.230 e. The van der Waals surface area contributed by atoms with Crippen molar-refractivity contribution in [1.82, 2.24) is 20.5 Å². The first kappa shape index (κ1) is 17.5. The molecule has 0 spiro atoms. The summed E-state index contributed by atoms with van der Waals surface area (Å²) in [5.74, 6) is -0.263. The lowest BCUT2D eigenvalue weighted by molar-refractivity contribution is -0.119. The number of nitrogens with one attached hydrogen (secondary N) is 1. The summed E-state index contributed by atoms with van der Waals surface area (Å²) in [5, 5.41) is 13.2. The molecule has 5 nitrogen and oxygen atoms in total. The van der Waals surface area contributed by atoms with Crippen LogP contribution < -0.4 is 5.32 Å². The number of carbonyl (C=O) groups excluding carboxylic acids is 1. The van der Waals surface area contributed by atoms with Crippen molar-refractivity contribution in [2.24, 2.45) is 0 Å². The highest BCUT2D eigenvalue weighted by molar-refractivity contribution is 7.99. The average Bonchev–Trinajstić information content (AvgIpc) is 3.15. The van der Waals surface area contributed by atoms with Crippen molar-refractivity contribution in [2.75, 3.05) is 5.75 Å². The molecule has 0 aliphatic rings. The Kier molecular flexibility index (Phi) is 5.72. The highest BCUT2D eigenvalue weighted by atomic mass is 32.2. The van der Waals surface area contributed by atoms with Crippen molar-refractivity contribution >= 4 is 29.0 Å². The zero-order valence-corrected chi connectivity index (χ0v) is 15.0. The fourth-order valence-electron chi connectivity index (χ4n) is 2.14. The van der Waals surface area contributed by atoms with E-state index in [0.29, 0.717) is 5.16 Å². The minimum Gasteiger partial charge on any atom is -0.349 e. The van der Waals surface area contributed by atoms with Crippen LogP contribution in [0.25, 0.3) is 10.6 Å². The van der Waals surface area contributed by atoms with Gasteiger partial charge in [0, 0.05) is 0 Å². The molecule has 0 unspecified atom stereocenters. The fourth-order valence-corrected chi connectivity index (χ4v) is 3.43. The Hall–Kier alpha value is -2.32. The van der Waals surface area contributed by atoms with E-state index in [0.717, 1.165) is 16.1 Å². The van der Waals surface area contributed by atoms with Gasteiger partial charge < -0.3 is 5.32 Å². The Morgan fingerprint density at radius 1 is 1.32 bits per heavy atom. The number of thioether (sulfide) groups is 1. The molecule has 0 fully saturated rings. The van der Waals surface area contributed by atoms with Crippen molar-refractivity contribution in [1.29, 1.82) is 0 Å². The molecular weight excluding hydrogens is 359 g/mol. The van der Waals surface area contributed by atoms with Gasteiger partial charge in [-0.25, -0.2) is 9.37 Å².